The highest BCUT2D eigenvalue weighted by Gasteiger charge is 2.12. The van der Waals surface area contributed by atoms with Gasteiger partial charge in [0, 0.05) is 17.4 Å². The molecule has 0 spiro atoms. The van der Waals surface area contributed by atoms with Crippen LogP contribution in [0.2, 0.25) is 0 Å². The topological polar surface area (TPSA) is 98.2 Å². The average Bonchev–Trinajstić information content (AvgIpc) is 2.34. The van der Waals surface area contributed by atoms with Gasteiger partial charge in [-0.25, -0.2) is 22.3 Å². The fourth-order valence-electron chi connectivity index (χ4n) is 1.63. The molecule has 5 nitrogen and oxygen atoms in total. The van der Waals surface area contributed by atoms with Gasteiger partial charge in [0.25, 0.3) is 0 Å². The molecular weight excluding hydrogens is 368 g/mol. The molecule has 0 saturated heterocycles. The highest BCUT2D eigenvalue weighted by atomic mass is 79.9. The number of nitrogens with two attached hydrogens (primary N) is 2. The number of rotatable bonds is 3. The van der Waals surface area contributed by atoms with Crippen LogP contribution in [-0.2, 0) is 10.0 Å². The van der Waals surface area contributed by atoms with Crippen molar-refractivity contribution in [3.63, 3.8) is 0 Å². The molecule has 2 rings (SSSR count). The summed E-state index contributed by atoms with van der Waals surface area (Å²) < 4.78 is 49.5. The Kier molecular flexibility index (Phi) is 4.17. The third kappa shape index (κ3) is 3.69. The number of primary sulfonamides is 1. The van der Waals surface area contributed by atoms with Crippen molar-refractivity contribution < 1.29 is 17.2 Å². The second-order valence-electron chi connectivity index (χ2n) is 4.21. The summed E-state index contributed by atoms with van der Waals surface area (Å²) in [7, 11) is -3.95. The van der Waals surface area contributed by atoms with Crippen molar-refractivity contribution in [3.8, 4) is 0 Å². The molecule has 0 aliphatic heterocycles. The van der Waals surface area contributed by atoms with Crippen LogP contribution < -0.4 is 16.2 Å². The summed E-state index contributed by atoms with van der Waals surface area (Å²) in [5.74, 6) is -1.59. The first-order valence-corrected chi connectivity index (χ1v) is 7.85. The molecule has 0 radical (unpaired) electrons. The van der Waals surface area contributed by atoms with Crippen LogP contribution in [0.4, 0.5) is 25.8 Å². The highest BCUT2D eigenvalue weighted by molar-refractivity contribution is 9.10. The molecule has 0 bridgehead atoms. The van der Waals surface area contributed by atoms with Gasteiger partial charge in [-0.1, -0.05) is 0 Å². The fourth-order valence-corrected chi connectivity index (χ4v) is 2.57. The van der Waals surface area contributed by atoms with E-state index in [9.17, 15) is 17.2 Å². The Morgan fingerprint density at radius 1 is 1.05 bits per heavy atom. The Morgan fingerprint density at radius 2 is 1.71 bits per heavy atom. The van der Waals surface area contributed by atoms with E-state index in [1.165, 1.54) is 24.3 Å². The smallest absolute Gasteiger partial charge is 0.238 e. The maximum absolute atomic E-state index is 13.7. The van der Waals surface area contributed by atoms with Crippen molar-refractivity contribution in [2.75, 3.05) is 11.1 Å². The van der Waals surface area contributed by atoms with Crippen LogP contribution in [0.3, 0.4) is 0 Å². The van der Waals surface area contributed by atoms with Crippen LogP contribution in [0.5, 0.6) is 0 Å². The van der Waals surface area contributed by atoms with E-state index in [1.54, 1.807) is 0 Å². The summed E-state index contributed by atoms with van der Waals surface area (Å²) >= 11 is 2.93. The highest BCUT2D eigenvalue weighted by Crippen LogP contribution is 2.28. The van der Waals surface area contributed by atoms with Gasteiger partial charge in [0.05, 0.1) is 15.1 Å². The van der Waals surface area contributed by atoms with Crippen LogP contribution in [0.15, 0.2) is 39.7 Å². The first-order chi connectivity index (χ1) is 9.66. The van der Waals surface area contributed by atoms with E-state index < -0.39 is 21.7 Å². The normalized spacial score (nSPS) is 11.4. The van der Waals surface area contributed by atoms with E-state index in [4.69, 9.17) is 10.9 Å². The Hall–Kier alpha value is -1.71. The molecule has 0 unspecified atom stereocenters. The summed E-state index contributed by atoms with van der Waals surface area (Å²) in [6.45, 7) is 0. The molecule has 0 heterocycles. The minimum atomic E-state index is -3.95. The van der Waals surface area contributed by atoms with Crippen molar-refractivity contribution in [1.82, 2.24) is 0 Å². The van der Waals surface area contributed by atoms with Gasteiger partial charge in [-0.3, -0.25) is 0 Å². The molecule has 2 aromatic carbocycles. The van der Waals surface area contributed by atoms with Gasteiger partial charge in [0.15, 0.2) is 0 Å². The number of anilines is 3. The lowest BCUT2D eigenvalue weighted by Crippen LogP contribution is -2.13. The van der Waals surface area contributed by atoms with Crippen LogP contribution in [0.25, 0.3) is 0 Å². The standard InChI is InChI=1S/C12H10BrF2N3O2S/c13-9-4-12(11(15)5-10(9)14)18-7-1-6(16)2-8(3-7)21(17,19)20/h1-5,18H,16H2,(H2,17,19,20). The van der Waals surface area contributed by atoms with Crippen LogP contribution >= 0.6 is 15.9 Å². The number of benzene rings is 2. The number of sulfonamides is 1. The zero-order chi connectivity index (χ0) is 15.8. The molecule has 0 fully saturated rings. The predicted octanol–water partition coefficient (Wildman–Crippen LogP) is 2.70. The fraction of sp³-hybridized carbons (Fsp3) is 0. The second kappa shape index (κ2) is 5.58. The Morgan fingerprint density at radius 3 is 2.33 bits per heavy atom. The first-order valence-electron chi connectivity index (χ1n) is 5.52. The Balaban J connectivity index is 2.45. The predicted molar refractivity (Wildman–Crippen MR) is 79.6 cm³/mol. The van der Waals surface area contributed by atoms with Gasteiger partial charge in [-0.05, 0) is 40.2 Å². The quantitative estimate of drug-likeness (QED) is 0.565. The van der Waals surface area contributed by atoms with E-state index in [2.05, 4.69) is 21.2 Å². The molecular formula is C12H10BrF2N3O2S. The number of halogens is 3. The molecule has 112 valence electrons. The Labute approximate surface area is 128 Å². The third-order valence-corrected chi connectivity index (χ3v) is 4.05. The maximum Gasteiger partial charge on any atom is 0.238 e. The minimum absolute atomic E-state index is 0.0470. The summed E-state index contributed by atoms with van der Waals surface area (Å²) in [6.07, 6.45) is 0. The SMILES string of the molecule is Nc1cc(Nc2cc(Br)c(F)cc2F)cc(S(N)(=O)=O)c1. The summed E-state index contributed by atoms with van der Waals surface area (Å²) in [5, 5.41) is 7.64. The molecule has 0 aliphatic rings. The average molecular weight is 378 g/mol. The van der Waals surface area contributed by atoms with Crippen molar-refractivity contribution in [2.24, 2.45) is 5.14 Å². The monoisotopic (exact) mass is 377 g/mol. The van der Waals surface area contributed by atoms with E-state index >= 15 is 0 Å². The largest absolute Gasteiger partial charge is 0.399 e. The lowest BCUT2D eigenvalue weighted by Gasteiger charge is -2.11. The first kappa shape index (κ1) is 15.7. The Bertz CT molecular complexity index is 812. The van der Waals surface area contributed by atoms with Crippen LogP contribution in [-0.4, -0.2) is 8.42 Å². The van der Waals surface area contributed by atoms with Crippen molar-refractivity contribution >= 4 is 43.0 Å². The van der Waals surface area contributed by atoms with Gasteiger partial charge in [-0.2, -0.15) is 0 Å². The number of hydrogen-bond donors (Lipinski definition) is 3. The van der Waals surface area contributed by atoms with Crippen molar-refractivity contribution in [1.29, 1.82) is 0 Å². The molecule has 0 aromatic heterocycles. The number of hydrogen-bond acceptors (Lipinski definition) is 4. The van der Waals surface area contributed by atoms with Crippen molar-refractivity contribution in [3.05, 3.63) is 46.4 Å². The number of nitrogens with one attached hydrogen (secondary N) is 1. The summed E-state index contributed by atoms with van der Waals surface area (Å²) in [4.78, 5) is -0.216. The maximum atomic E-state index is 13.7. The lowest BCUT2D eigenvalue weighted by atomic mass is 10.2. The van der Waals surface area contributed by atoms with E-state index in [1.807, 2.05) is 0 Å². The second-order valence-corrected chi connectivity index (χ2v) is 6.62. The van der Waals surface area contributed by atoms with E-state index in [0.29, 0.717) is 6.07 Å². The van der Waals surface area contributed by atoms with E-state index in [-0.39, 0.29) is 26.4 Å². The molecule has 0 aliphatic carbocycles. The van der Waals surface area contributed by atoms with Crippen molar-refractivity contribution in [2.45, 2.75) is 4.90 Å². The molecule has 0 atom stereocenters. The lowest BCUT2D eigenvalue weighted by molar-refractivity contribution is 0.581. The molecule has 2 aromatic rings. The van der Waals surface area contributed by atoms with Crippen LogP contribution in [0, 0.1) is 11.6 Å². The molecule has 9 heteroatoms. The van der Waals surface area contributed by atoms with Gasteiger partial charge < -0.3 is 11.1 Å². The third-order valence-electron chi connectivity index (χ3n) is 2.55. The minimum Gasteiger partial charge on any atom is -0.399 e. The summed E-state index contributed by atoms with van der Waals surface area (Å²) in [5.41, 5.74) is 5.87. The molecule has 5 N–H and O–H groups in total. The van der Waals surface area contributed by atoms with Gasteiger partial charge in [0.2, 0.25) is 10.0 Å². The van der Waals surface area contributed by atoms with Gasteiger partial charge >= 0.3 is 0 Å². The van der Waals surface area contributed by atoms with Crippen LogP contribution in [0.1, 0.15) is 0 Å². The number of nitrogen functional groups attached to an aromatic ring is 1. The van der Waals surface area contributed by atoms with E-state index in [0.717, 1.165) is 0 Å². The molecule has 21 heavy (non-hydrogen) atoms. The molecule has 0 amide bonds. The zero-order valence-electron chi connectivity index (χ0n) is 10.4. The zero-order valence-corrected chi connectivity index (χ0v) is 12.8. The summed E-state index contributed by atoms with van der Waals surface area (Å²) in [6, 6.07) is 5.65. The molecule has 0 saturated carbocycles. The van der Waals surface area contributed by atoms with Gasteiger partial charge in [-0.15, -0.1) is 0 Å². The van der Waals surface area contributed by atoms with Gasteiger partial charge in [0.1, 0.15) is 11.6 Å².